The van der Waals surface area contributed by atoms with E-state index in [1.54, 1.807) is 6.92 Å². The number of hydrogen-bond acceptors (Lipinski definition) is 4. The van der Waals surface area contributed by atoms with Gasteiger partial charge in [0.25, 0.3) is 15.0 Å². The Labute approximate surface area is 122 Å². The number of carbonyl (C=O) groups excluding carboxylic acids is 1. The van der Waals surface area contributed by atoms with Crippen molar-refractivity contribution in [1.29, 1.82) is 0 Å². The van der Waals surface area contributed by atoms with Gasteiger partial charge in [-0.1, -0.05) is 0 Å². The molecule has 7 heteroatoms. The maximum atomic E-state index is 12.0. The second-order valence-electron chi connectivity index (χ2n) is 4.76. The molecule has 1 aliphatic rings. The van der Waals surface area contributed by atoms with Crippen molar-refractivity contribution < 1.29 is 17.9 Å². The molecule has 1 aromatic rings. The Kier molecular flexibility index (Phi) is 4.67. The second-order valence-corrected chi connectivity index (χ2v) is 7.33. The maximum absolute atomic E-state index is 12.0. The Balaban J connectivity index is 2.06. The molecule has 20 heavy (non-hydrogen) atoms. The summed E-state index contributed by atoms with van der Waals surface area (Å²) in [5, 5.41) is 2.79. The molecule has 1 aromatic carbocycles. The van der Waals surface area contributed by atoms with Crippen LogP contribution < -0.4 is 5.32 Å². The van der Waals surface area contributed by atoms with E-state index in [0.717, 1.165) is 19.4 Å². The Morgan fingerprint density at radius 1 is 1.50 bits per heavy atom. The summed E-state index contributed by atoms with van der Waals surface area (Å²) in [5.41, 5.74) is 1.00. The molecule has 1 fully saturated rings. The van der Waals surface area contributed by atoms with Crippen molar-refractivity contribution in [3.63, 3.8) is 0 Å². The number of amides is 1. The van der Waals surface area contributed by atoms with Gasteiger partial charge in [0.2, 0.25) is 0 Å². The minimum absolute atomic E-state index is 0.00709. The van der Waals surface area contributed by atoms with Crippen LogP contribution in [-0.4, -0.2) is 33.6 Å². The van der Waals surface area contributed by atoms with Crippen LogP contribution in [0.4, 0.5) is 0 Å². The minimum atomic E-state index is -3.77. The summed E-state index contributed by atoms with van der Waals surface area (Å²) >= 11 is 0. The van der Waals surface area contributed by atoms with E-state index in [1.165, 1.54) is 18.2 Å². The molecule has 1 N–H and O–H groups in total. The third kappa shape index (κ3) is 3.71. The fourth-order valence-electron chi connectivity index (χ4n) is 2.15. The molecule has 1 amide bonds. The van der Waals surface area contributed by atoms with E-state index in [0.29, 0.717) is 17.7 Å². The quantitative estimate of drug-likeness (QED) is 0.860. The number of hydrogen-bond donors (Lipinski definition) is 1. The molecule has 5 nitrogen and oxygen atoms in total. The van der Waals surface area contributed by atoms with E-state index in [4.69, 9.17) is 15.4 Å². The van der Waals surface area contributed by atoms with Crippen molar-refractivity contribution in [2.75, 3.05) is 13.2 Å². The summed E-state index contributed by atoms with van der Waals surface area (Å²) in [4.78, 5) is 12.0. The number of carbonyl (C=O) groups is 1. The Bertz CT molecular complexity index is 609. The normalized spacial score (nSPS) is 19.0. The van der Waals surface area contributed by atoms with E-state index in [9.17, 15) is 13.2 Å². The van der Waals surface area contributed by atoms with Gasteiger partial charge >= 0.3 is 0 Å². The predicted octanol–water partition coefficient (Wildman–Crippen LogP) is 1.83. The molecule has 2 rings (SSSR count). The highest BCUT2D eigenvalue weighted by atomic mass is 35.7. The summed E-state index contributed by atoms with van der Waals surface area (Å²) in [6, 6.07) is 4.19. The molecule has 0 aromatic heterocycles. The molecule has 1 aliphatic heterocycles. The first-order valence-electron chi connectivity index (χ1n) is 6.33. The van der Waals surface area contributed by atoms with Gasteiger partial charge in [-0.15, -0.1) is 0 Å². The van der Waals surface area contributed by atoms with Gasteiger partial charge in [0, 0.05) is 29.4 Å². The van der Waals surface area contributed by atoms with Gasteiger partial charge in [-0.25, -0.2) is 8.42 Å². The first kappa shape index (κ1) is 15.3. The topological polar surface area (TPSA) is 72.5 Å². The first-order valence-corrected chi connectivity index (χ1v) is 8.64. The van der Waals surface area contributed by atoms with Crippen molar-refractivity contribution in [3.05, 3.63) is 29.3 Å². The zero-order valence-corrected chi connectivity index (χ0v) is 12.6. The highest BCUT2D eigenvalue weighted by Crippen LogP contribution is 2.19. The van der Waals surface area contributed by atoms with Gasteiger partial charge in [0.1, 0.15) is 0 Å². The molecule has 1 heterocycles. The van der Waals surface area contributed by atoms with Crippen molar-refractivity contribution in [2.24, 2.45) is 0 Å². The predicted molar refractivity (Wildman–Crippen MR) is 75.5 cm³/mol. The van der Waals surface area contributed by atoms with Crippen LogP contribution in [0.1, 0.15) is 28.8 Å². The molecule has 1 atom stereocenters. The van der Waals surface area contributed by atoms with Gasteiger partial charge in [-0.2, -0.15) is 0 Å². The zero-order chi connectivity index (χ0) is 14.8. The second kappa shape index (κ2) is 6.11. The van der Waals surface area contributed by atoms with E-state index in [2.05, 4.69) is 5.32 Å². The monoisotopic (exact) mass is 317 g/mol. The fraction of sp³-hybridized carbons (Fsp3) is 0.462. The summed E-state index contributed by atoms with van der Waals surface area (Å²) in [5.74, 6) is -0.239. The molecule has 0 saturated carbocycles. The van der Waals surface area contributed by atoms with Gasteiger partial charge in [0.15, 0.2) is 0 Å². The molecule has 0 aliphatic carbocycles. The van der Waals surface area contributed by atoms with Crippen molar-refractivity contribution in [3.8, 4) is 0 Å². The molecule has 1 saturated heterocycles. The van der Waals surface area contributed by atoms with Gasteiger partial charge in [-0.3, -0.25) is 4.79 Å². The Morgan fingerprint density at radius 3 is 2.80 bits per heavy atom. The van der Waals surface area contributed by atoms with E-state index in [-0.39, 0.29) is 16.9 Å². The first-order chi connectivity index (χ1) is 9.38. The third-order valence-electron chi connectivity index (χ3n) is 3.24. The highest BCUT2D eigenvalue weighted by molar-refractivity contribution is 8.13. The Morgan fingerprint density at radius 2 is 2.25 bits per heavy atom. The number of rotatable bonds is 4. The number of nitrogens with one attached hydrogen (secondary N) is 1. The van der Waals surface area contributed by atoms with Crippen LogP contribution >= 0.6 is 10.7 Å². The standard InChI is InChI=1S/C13H16ClNO4S/c1-9-7-11(20(14,17)18)4-5-12(9)13(16)15-8-10-3-2-6-19-10/h4-5,7,10H,2-3,6,8H2,1H3,(H,15,16). The van der Waals surface area contributed by atoms with Crippen molar-refractivity contribution >= 4 is 25.6 Å². The summed E-state index contributed by atoms with van der Waals surface area (Å²) in [6.45, 7) is 2.88. The summed E-state index contributed by atoms with van der Waals surface area (Å²) < 4.78 is 27.9. The third-order valence-corrected chi connectivity index (χ3v) is 4.59. The highest BCUT2D eigenvalue weighted by Gasteiger charge is 2.18. The molecule has 110 valence electrons. The lowest BCUT2D eigenvalue weighted by molar-refractivity contribution is 0.0857. The van der Waals surface area contributed by atoms with E-state index in [1.807, 2.05) is 0 Å². The summed E-state index contributed by atoms with van der Waals surface area (Å²) in [6.07, 6.45) is 2.03. The van der Waals surface area contributed by atoms with Crippen LogP contribution in [-0.2, 0) is 13.8 Å². The number of aryl methyl sites for hydroxylation is 1. The molecule has 1 unspecified atom stereocenters. The molecule has 0 spiro atoms. The largest absolute Gasteiger partial charge is 0.376 e. The average Bonchev–Trinajstić information content (AvgIpc) is 2.87. The lowest BCUT2D eigenvalue weighted by Crippen LogP contribution is -2.32. The van der Waals surface area contributed by atoms with Crippen LogP contribution in [0.5, 0.6) is 0 Å². The van der Waals surface area contributed by atoms with Gasteiger partial charge in [0.05, 0.1) is 11.0 Å². The molecule has 0 bridgehead atoms. The number of halogens is 1. The van der Waals surface area contributed by atoms with Crippen molar-refractivity contribution in [1.82, 2.24) is 5.32 Å². The SMILES string of the molecule is Cc1cc(S(=O)(=O)Cl)ccc1C(=O)NCC1CCCO1. The number of benzene rings is 1. The molecule has 0 radical (unpaired) electrons. The van der Waals surface area contributed by atoms with Gasteiger partial charge < -0.3 is 10.1 Å². The van der Waals surface area contributed by atoms with Gasteiger partial charge in [-0.05, 0) is 43.5 Å². The average molecular weight is 318 g/mol. The molecular weight excluding hydrogens is 302 g/mol. The lowest BCUT2D eigenvalue weighted by Gasteiger charge is -2.12. The summed E-state index contributed by atoms with van der Waals surface area (Å²) in [7, 11) is 1.49. The number of ether oxygens (including phenoxy) is 1. The van der Waals surface area contributed by atoms with Crippen LogP contribution in [0.25, 0.3) is 0 Å². The van der Waals surface area contributed by atoms with Crippen LogP contribution in [0.2, 0.25) is 0 Å². The maximum Gasteiger partial charge on any atom is 0.261 e. The lowest BCUT2D eigenvalue weighted by atomic mass is 10.1. The van der Waals surface area contributed by atoms with Crippen LogP contribution in [0.15, 0.2) is 23.1 Å². The van der Waals surface area contributed by atoms with Crippen LogP contribution in [0.3, 0.4) is 0 Å². The fourth-order valence-corrected chi connectivity index (χ4v) is 2.99. The van der Waals surface area contributed by atoms with Crippen molar-refractivity contribution in [2.45, 2.75) is 30.8 Å². The minimum Gasteiger partial charge on any atom is -0.376 e. The molecular formula is C13H16ClNO4S. The zero-order valence-electron chi connectivity index (χ0n) is 11.1. The van der Waals surface area contributed by atoms with Crippen LogP contribution in [0, 0.1) is 6.92 Å². The smallest absolute Gasteiger partial charge is 0.261 e. The van der Waals surface area contributed by atoms with E-state index < -0.39 is 9.05 Å². The van der Waals surface area contributed by atoms with E-state index >= 15 is 0 Å². The Hall–Kier alpha value is -1.11.